The van der Waals surface area contributed by atoms with E-state index in [1.165, 1.54) is 22.3 Å². The van der Waals surface area contributed by atoms with Crippen LogP contribution in [0, 0.1) is 0 Å². The number of hydrogen-bond acceptors (Lipinski definition) is 0. The molecule has 0 N–H and O–H groups in total. The SMILES string of the molecule is C=Cc1ccc(C[N+](C)(C)CC[N+](C)(C)Cc2ccc(C=C)cc2)cc1. The van der Waals surface area contributed by atoms with Gasteiger partial charge >= 0.3 is 0 Å². The number of hydrogen-bond donors (Lipinski definition) is 0. The van der Waals surface area contributed by atoms with Crippen LogP contribution in [0.25, 0.3) is 12.2 Å². The second-order valence-electron chi connectivity index (χ2n) is 8.53. The second-order valence-corrected chi connectivity index (χ2v) is 8.53. The first-order valence-corrected chi connectivity index (χ1v) is 9.30. The highest BCUT2D eigenvalue weighted by molar-refractivity contribution is 5.47. The molecule has 0 bridgehead atoms. The second kappa shape index (κ2) is 8.48. The van der Waals surface area contributed by atoms with Crippen LogP contribution in [-0.4, -0.2) is 50.2 Å². The van der Waals surface area contributed by atoms with Gasteiger partial charge in [0.05, 0.1) is 28.2 Å². The molecular formula is C24H34N2+2. The van der Waals surface area contributed by atoms with E-state index in [1.54, 1.807) is 0 Å². The quantitative estimate of drug-likeness (QED) is 0.569. The first kappa shape index (κ1) is 20.2. The van der Waals surface area contributed by atoms with Crippen molar-refractivity contribution in [2.24, 2.45) is 0 Å². The van der Waals surface area contributed by atoms with Crippen molar-refractivity contribution in [3.8, 4) is 0 Å². The molecule has 0 aliphatic heterocycles. The molecule has 2 aromatic rings. The minimum absolute atomic E-state index is 0.991. The summed E-state index contributed by atoms with van der Waals surface area (Å²) >= 11 is 0. The van der Waals surface area contributed by atoms with Crippen molar-refractivity contribution < 1.29 is 8.97 Å². The van der Waals surface area contributed by atoms with Gasteiger partial charge in [-0.05, 0) is 11.1 Å². The van der Waals surface area contributed by atoms with E-state index in [9.17, 15) is 0 Å². The van der Waals surface area contributed by atoms with Gasteiger partial charge in [0.1, 0.15) is 26.2 Å². The molecule has 0 heterocycles. The summed E-state index contributed by atoms with van der Waals surface area (Å²) in [4.78, 5) is 0. The number of benzene rings is 2. The van der Waals surface area contributed by atoms with E-state index in [4.69, 9.17) is 0 Å². The summed E-state index contributed by atoms with van der Waals surface area (Å²) < 4.78 is 1.98. The van der Waals surface area contributed by atoms with Crippen molar-refractivity contribution in [2.45, 2.75) is 13.1 Å². The lowest BCUT2D eigenvalue weighted by Crippen LogP contribution is -2.49. The number of likely N-dealkylation sites (N-methyl/N-ethyl adjacent to an activating group) is 2. The smallest absolute Gasteiger partial charge is 0.128 e. The first-order valence-electron chi connectivity index (χ1n) is 9.30. The van der Waals surface area contributed by atoms with Crippen LogP contribution in [0.4, 0.5) is 0 Å². The minimum Gasteiger partial charge on any atom is -0.320 e. The molecule has 2 rings (SSSR count). The van der Waals surface area contributed by atoms with Gasteiger partial charge in [-0.25, -0.2) is 0 Å². The van der Waals surface area contributed by atoms with Gasteiger partial charge in [-0.3, -0.25) is 0 Å². The maximum absolute atomic E-state index is 3.82. The highest BCUT2D eigenvalue weighted by atomic mass is 15.4. The van der Waals surface area contributed by atoms with Gasteiger partial charge in [0, 0.05) is 11.1 Å². The molecule has 2 nitrogen and oxygen atoms in total. The normalized spacial score (nSPS) is 12.0. The molecule has 26 heavy (non-hydrogen) atoms. The van der Waals surface area contributed by atoms with Gasteiger partial charge in [0.25, 0.3) is 0 Å². The van der Waals surface area contributed by atoms with Gasteiger partial charge in [-0.2, -0.15) is 0 Å². The van der Waals surface area contributed by atoms with E-state index in [2.05, 4.69) is 89.9 Å². The topological polar surface area (TPSA) is 0 Å². The van der Waals surface area contributed by atoms with Crippen LogP contribution < -0.4 is 0 Å². The summed E-state index contributed by atoms with van der Waals surface area (Å²) in [6, 6.07) is 17.5. The third-order valence-corrected chi connectivity index (χ3v) is 4.96. The minimum atomic E-state index is 0.991. The maximum atomic E-state index is 3.82. The molecule has 0 amide bonds. The van der Waals surface area contributed by atoms with Crippen LogP contribution >= 0.6 is 0 Å². The largest absolute Gasteiger partial charge is 0.320 e. The van der Waals surface area contributed by atoms with Crippen molar-refractivity contribution >= 4 is 12.2 Å². The molecule has 0 spiro atoms. The maximum Gasteiger partial charge on any atom is 0.128 e. The number of rotatable bonds is 9. The van der Waals surface area contributed by atoms with Crippen LogP contribution in [-0.2, 0) is 13.1 Å². The van der Waals surface area contributed by atoms with Crippen molar-refractivity contribution in [1.29, 1.82) is 0 Å². The van der Waals surface area contributed by atoms with E-state index >= 15 is 0 Å². The van der Waals surface area contributed by atoms with Gasteiger partial charge in [-0.15, -0.1) is 0 Å². The molecule has 0 saturated heterocycles. The molecule has 2 aromatic carbocycles. The monoisotopic (exact) mass is 350 g/mol. The first-order chi connectivity index (χ1) is 12.2. The van der Waals surface area contributed by atoms with Gasteiger partial charge < -0.3 is 8.97 Å². The molecular weight excluding hydrogens is 316 g/mol. The Labute approximate surface area is 159 Å². The average molecular weight is 351 g/mol. The molecule has 0 aliphatic rings. The van der Waals surface area contributed by atoms with Crippen LogP contribution in [0.1, 0.15) is 22.3 Å². The lowest BCUT2D eigenvalue weighted by molar-refractivity contribution is -0.958. The molecule has 0 fully saturated rings. The highest BCUT2D eigenvalue weighted by Crippen LogP contribution is 2.15. The van der Waals surface area contributed by atoms with Crippen LogP contribution in [0.15, 0.2) is 61.7 Å². The van der Waals surface area contributed by atoms with E-state index in [1.807, 2.05) is 12.2 Å². The number of nitrogens with zero attached hydrogens (tertiary/aromatic N) is 2. The van der Waals surface area contributed by atoms with Crippen molar-refractivity contribution in [3.63, 3.8) is 0 Å². The molecule has 0 aromatic heterocycles. The standard InChI is InChI=1S/C24H34N2/c1-7-21-9-13-23(14-10-21)19-25(3,4)17-18-26(5,6)20-24-15-11-22(8-2)12-16-24/h7-16H,1-2,17-20H2,3-6H3/q+2. The Kier molecular flexibility index (Phi) is 6.57. The number of quaternary nitrogens is 2. The van der Waals surface area contributed by atoms with Crippen molar-refractivity contribution in [2.75, 3.05) is 41.3 Å². The zero-order valence-corrected chi connectivity index (χ0v) is 16.9. The van der Waals surface area contributed by atoms with E-state index < -0.39 is 0 Å². The Bertz CT molecular complexity index is 656. The molecule has 0 saturated carbocycles. The predicted octanol–water partition coefficient (Wildman–Crippen LogP) is 4.83. The van der Waals surface area contributed by atoms with Gasteiger partial charge in [0.2, 0.25) is 0 Å². The Morgan fingerprint density at radius 2 is 0.923 bits per heavy atom. The lowest BCUT2D eigenvalue weighted by Gasteiger charge is -2.36. The Hall–Kier alpha value is -2.16. The van der Waals surface area contributed by atoms with Gasteiger partial charge in [-0.1, -0.05) is 73.8 Å². The van der Waals surface area contributed by atoms with Crippen LogP contribution in [0.2, 0.25) is 0 Å². The Balaban J connectivity index is 1.92. The molecule has 0 aliphatic carbocycles. The third-order valence-electron chi connectivity index (χ3n) is 4.96. The fourth-order valence-corrected chi connectivity index (χ4v) is 3.21. The molecule has 0 atom stereocenters. The predicted molar refractivity (Wildman–Crippen MR) is 114 cm³/mol. The van der Waals surface area contributed by atoms with E-state index in [0.717, 1.165) is 35.1 Å². The Morgan fingerprint density at radius 3 is 1.19 bits per heavy atom. The summed E-state index contributed by atoms with van der Waals surface area (Å²) in [5, 5.41) is 0. The lowest BCUT2D eigenvalue weighted by atomic mass is 10.1. The zero-order chi connectivity index (χ0) is 19.2. The molecule has 0 unspecified atom stereocenters. The van der Waals surface area contributed by atoms with Crippen molar-refractivity contribution in [3.05, 3.63) is 83.9 Å². The summed E-state index contributed by atoms with van der Waals surface area (Å²) in [7, 11) is 9.28. The molecule has 138 valence electrons. The fraction of sp³-hybridized carbons (Fsp3) is 0.333. The fourth-order valence-electron chi connectivity index (χ4n) is 3.21. The summed E-state index contributed by atoms with van der Waals surface area (Å²) in [6.45, 7) is 12.0. The molecule has 2 heteroatoms. The Morgan fingerprint density at radius 1 is 0.615 bits per heavy atom. The summed E-state index contributed by atoms with van der Waals surface area (Å²) in [6.07, 6.45) is 3.79. The third kappa shape index (κ3) is 6.29. The molecule has 0 radical (unpaired) electrons. The van der Waals surface area contributed by atoms with E-state index in [-0.39, 0.29) is 0 Å². The van der Waals surface area contributed by atoms with Crippen LogP contribution in [0.5, 0.6) is 0 Å². The van der Waals surface area contributed by atoms with Crippen molar-refractivity contribution in [1.82, 2.24) is 0 Å². The highest BCUT2D eigenvalue weighted by Gasteiger charge is 2.23. The van der Waals surface area contributed by atoms with Crippen LogP contribution in [0.3, 0.4) is 0 Å². The average Bonchev–Trinajstić information content (AvgIpc) is 2.61. The summed E-state index contributed by atoms with van der Waals surface area (Å²) in [5.74, 6) is 0. The van der Waals surface area contributed by atoms with E-state index in [0.29, 0.717) is 0 Å². The zero-order valence-electron chi connectivity index (χ0n) is 16.9. The summed E-state index contributed by atoms with van der Waals surface area (Å²) in [5.41, 5.74) is 5.12. The van der Waals surface area contributed by atoms with Gasteiger partial charge in [0.15, 0.2) is 0 Å².